The summed E-state index contributed by atoms with van der Waals surface area (Å²) in [6.45, 7) is 3.90. The van der Waals surface area contributed by atoms with Gasteiger partial charge in [0.1, 0.15) is 5.57 Å². The average Bonchev–Trinajstić information content (AvgIpc) is 3.36. The third-order valence-electron chi connectivity index (χ3n) is 6.24. The maximum absolute atomic E-state index is 13.9. The zero-order valence-corrected chi connectivity index (χ0v) is 20.6. The summed E-state index contributed by atoms with van der Waals surface area (Å²) in [6, 6.07) is 19.4. The van der Waals surface area contributed by atoms with Gasteiger partial charge in [-0.1, -0.05) is 49.7 Å². The Hall–Kier alpha value is -4.23. The second-order valence-corrected chi connectivity index (χ2v) is 8.85. The van der Waals surface area contributed by atoms with Crippen LogP contribution in [-0.4, -0.2) is 21.6 Å². The number of pyridine rings is 1. The zero-order chi connectivity index (χ0) is 25.4. The van der Waals surface area contributed by atoms with Crippen molar-refractivity contribution in [2.45, 2.75) is 26.7 Å². The quantitative estimate of drug-likeness (QED) is 0.319. The van der Waals surface area contributed by atoms with E-state index in [4.69, 9.17) is 11.6 Å². The van der Waals surface area contributed by atoms with E-state index in [2.05, 4.69) is 5.10 Å². The van der Waals surface area contributed by atoms with Gasteiger partial charge in [-0.15, -0.1) is 0 Å². The van der Waals surface area contributed by atoms with Crippen LogP contribution in [0.25, 0.3) is 17.0 Å². The predicted molar refractivity (Wildman–Crippen MR) is 139 cm³/mol. The molecule has 7 nitrogen and oxygen atoms in total. The molecule has 2 amide bonds. The Labute approximate surface area is 212 Å². The molecule has 5 rings (SSSR count). The third-order valence-corrected chi connectivity index (χ3v) is 6.47. The van der Waals surface area contributed by atoms with E-state index >= 15 is 0 Å². The van der Waals surface area contributed by atoms with Crippen molar-refractivity contribution in [2.75, 3.05) is 4.90 Å². The zero-order valence-electron chi connectivity index (χ0n) is 19.9. The number of hydrogen-bond donors (Lipinski definition) is 1. The lowest BCUT2D eigenvalue weighted by Gasteiger charge is -2.13. The highest BCUT2D eigenvalue weighted by Crippen LogP contribution is 2.33. The molecule has 4 aromatic rings. The van der Waals surface area contributed by atoms with E-state index in [1.807, 2.05) is 38.2 Å². The summed E-state index contributed by atoms with van der Waals surface area (Å²) < 4.78 is 3.01. The Morgan fingerprint density at radius 1 is 0.861 bits per heavy atom. The van der Waals surface area contributed by atoms with Crippen LogP contribution in [0, 0.1) is 0 Å². The van der Waals surface area contributed by atoms with Crippen LogP contribution in [0.4, 0.5) is 5.69 Å². The Kier molecular flexibility index (Phi) is 6.16. The van der Waals surface area contributed by atoms with Crippen molar-refractivity contribution in [1.82, 2.24) is 9.78 Å². The van der Waals surface area contributed by atoms with Gasteiger partial charge < -0.3 is 0 Å². The van der Waals surface area contributed by atoms with E-state index in [0.717, 1.165) is 16.9 Å². The lowest BCUT2D eigenvalue weighted by molar-refractivity contribution is -0.577. The first-order valence-corrected chi connectivity index (χ1v) is 12.1. The number of rotatable bonds is 6. The van der Waals surface area contributed by atoms with E-state index in [-0.39, 0.29) is 16.8 Å². The van der Waals surface area contributed by atoms with Gasteiger partial charge in [-0.05, 0) is 49.2 Å². The summed E-state index contributed by atoms with van der Waals surface area (Å²) >= 11 is 6.17. The van der Waals surface area contributed by atoms with Crippen molar-refractivity contribution in [2.24, 2.45) is 0 Å². The number of aromatic nitrogens is 3. The summed E-state index contributed by atoms with van der Waals surface area (Å²) in [7, 11) is 0. The normalized spacial score (nSPS) is 13.7. The molecule has 0 bridgehead atoms. The van der Waals surface area contributed by atoms with E-state index in [1.165, 1.54) is 4.68 Å². The molecule has 0 saturated carbocycles. The lowest BCUT2D eigenvalue weighted by Crippen LogP contribution is -2.40. The van der Waals surface area contributed by atoms with E-state index in [0.29, 0.717) is 28.5 Å². The summed E-state index contributed by atoms with van der Waals surface area (Å²) in [5.74, 6) is -1.03. The van der Waals surface area contributed by atoms with Crippen molar-refractivity contribution in [3.05, 3.63) is 111 Å². The number of carbonyl (C=O) groups excluding carboxylic acids is 2. The van der Waals surface area contributed by atoms with Gasteiger partial charge in [-0.2, -0.15) is 4.57 Å². The molecule has 0 saturated heterocycles. The summed E-state index contributed by atoms with van der Waals surface area (Å²) in [4.78, 5) is 42.7. The van der Waals surface area contributed by atoms with Gasteiger partial charge in [0.05, 0.1) is 16.9 Å². The monoisotopic (exact) mass is 499 g/mol. The van der Waals surface area contributed by atoms with Crippen molar-refractivity contribution in [3.63, 3.8) is 0 Å². The first-order valence-electron chi connectivity index (χ1n) is 11.7. The van der Waals surface area contributed by atoms with Crippen molar-refractivity contribution < 1.29 is 14.2 Å². The SMILES string of the molecule is CCc1ccc[n+](C2=C(c3c(CC)[nH]n(-c4cccc(Cl)c4)c3=O)C(=O)N(c3ccccc3)C2=O)c1. The number of nitrogens with zero attached hydrogens (tertiary/aromatic N) is 3. The van der Waals surface area contributed by atoms with Gasteiger partial charge in [0.15, 0.2) is 12.4 Å². The highest BCUT2D eigenvalue weighted by molar-refractivity contribution is 6.53. The molecule has 1 aliphatic rings. The highest BCUT2D eigenvalue weighted by atomic mass is 35.5. The number of H-pyrrole nitrogens is 1. The molecular formula is C28H24ClN4O3+. The molecule has 2 aromatic heterocycles. The molecule has 0 spiro atoms. The minimum absolute atomic E-state index is 0.0704. The summed E-state index contributed by atoms with van der Waals surface area (Å²) in [6.07, 6.45) is 4.74. The number of aromatic amines is 1. The number of amides is 2. The van der Waals surface area contributed by atoms with Crippen LogP contribution >= 0.6 is 11.6 Å². The number of hydrogen-bond acceptors (Lipinski definition) is 3. The van der Waals surface area contributed by atoms with Crippen LogP contribution in [0.1, 0.15) is 30.7 Å². The van der Waals surface area contributed by atoms with Gasteiger partial charge in [0.2, 0.25) is 0 Å². The number of anilines is 1. The first-order chi connectivity index (χ1) is 17.4. The fraction of sp³-hybridized carbons (Fsp3) is 0.143. The fourth-order valence-corrected chi connectivity index (χ4v) is 4.64. The summed E-state index contributed by atoms with van der Waals surface area (Å²) in [5.41, 5.74) is 2.48. The van der Waals surface area contributed by atoms with Crippen LogP contribution in [0.2, 0.25) is 5.02 Å². The molecule has 8 heteroatoms. The van der Waals surface area contributed by atoms with Gasteiger partial charge >= 0.3 is 5.91 Å². The molecule has 180 valence electrons. The van der Waals surface area contributed by atoms with Crippen molar-refractivity contribution in [3.8, 4) is 5.69 Å². The number of carbonyl (C=O) groups is 2. The minimum atomic E-state index is -0.542. The number of para-hydroxylation sites is 1. The number of benzene rings is 2. The van der Waals surface area contributed by atoms with Crippen molar-refractivity contribution >= 4 is 40.4 Å². The number of imide groups is 1. The maximum Gasteiger partial charge on any atom is 0.331 e. The van der Waals surface area contributed by atoms with Crippen LogP contribution in [-0.2, 0) is 22.4 Å². The van der Waals surface area contributed by atoms with Gasteiger partial charge in [0, 0.05) is 22.3 Å². The smallest absolute Gasteiger partial charge is 0.294 e. The van der Waals surface area contributed by atoms with E-state index in [1.54, 1.807) is 59.3 Å². The van der Waals surface area contributed by atoms with Crippen LogP contribution < -0.4 is 15.0 Å². The largest absolute Gasteiger partial charge is 0.331 e. The van der Waals surface area contributed by atoms with Crippen molar-refractivity contribution in [1.29, 1.82) is 0 Å². The standard InChI is InChI=1S/C28H23ClN4O3/c1-3-18-10-9-15-31(17-18)25-24(26(34)32(28(25)36)20-12-6-5-7-13-20)23-22(4-2)30-33(27(23)35)21-14-8-11-19(29)16-21/h5-17H,3-4H2,1-2H3/p+1. The Balaban J connectivity index is 1.79. The van der Waals surface area contributed by atoms with Crippen LogP contribution in [0.15, 0.2) is 83.9 Å². The molecule has 0 fully saturated rings. The first kappa shape index (κ1) is 23.5. The lowest BCUT2D eigenvalue weighted by atomic mass is 10.0. The van der Waals surface area contributed by atoms with E-state index < -0.39 is 17.4 Å². The molecule has 0 radical (unpaired) electrons. The molecule has 0 aliphatic carbocycles. The van der Waals surface area contributed by atoms with E-state index in [9.17, 15) is 14.4 Å². The Bertz CT molecular complexity index is 1580. The number of nitrogens with one attached hydrogen (secondary N) is 1. The molecule has 0 atom stereocenters. The number of aryl methyl sites for hydroxylation is 2. The topological polar surface area (TPSA) is 79.1 Å². The Morgan fingerprint density at radius 2 is 1.61 bits per heavy atom. The molecule has 36 heavy (non-hydrogen) atoms. The second-order valence-electron chi connectivity index (χ2n) is 8.42. The summed E-state index contributed by atoms with van der Waals surface area (Å²) in [5, 5.41) is 3.60. The number of halogens is 1. The van der Waals surface area contributed by atoms with Gasteiger partial charge in [-0.3, -0.25) is 19.5 Å². The molecular weight excluding hydrogens is 476 g/mol. The average molecular weight is 500 g/mol. The maximum atomic E-state index is 13.9. The molecule has 0 unspecified atom stereocenters. The Morgan fingerprint density at radius 3 is 2.31 bits per heavy atom. The molecule has 2 aromatic carbocycles. The highest BCUT2D eigenvalue weighted by Gasteiger charge is 2.48. The second kappa shape index (κ2) is 9.43. The third kappa shape index (κ3) is 3.87. The minimum Gasteiger partial charge on any atom is -0.294 e. The molecule has 1 N–H and O–H groups in total. The van der Waals surface area contributed by atoms with Crippen LogP contribution in [0.5, 0.6) is 0 Å². The molecule has 1 aliphatic heterocycles. The van der Waals surface area contributed by atoms with Gasteiger partial charge in [-0.25, -0.2) is 9.58 Å². The van der Waals surface area contributed by atoms with Gasteiger partial charge in [0.25, 0.3) is 17.2 Å². The predicted octanol–water partition coefficient (Wildman–Crippen LogP) is 4.17. The molecule has 3 heterocycles. The van der Waals surface area contributed by atoms with Crippen LogP contribution in [0.3, 0.4) is 0 Å². The fourth-order valence-electron chi connectivity index (χ4n) is 4.46.